The Bertz CT molecular complexity index is 569. The van der Waals surface area contributed by atoms with Crippen molar-refractivity contribution in [3.8, 4) is 0 Å². The zero-order chi connectivity index (χ0) is 32.9. The standard InChI is InChI=1S/C41H83NO3/c1-3-5-7-9-11-13-14-15-16-17-18-19-20-21-22-23-24-25-26-27-28-29-30-32-34-36-40(44)39(38-43)42-41(45)37-35-33-31-12-10-8-6-4-2/h39-40,43-44H,3-38H2,1-2H3,(H,42,45). The van der Waals surface area contributed by atoms with Crippen LogP contribution in [0, 0.1) is 0 Å². The SMILES string of the molecule is CCCCCCCCCCCCCCCCCCCCCCCCCCCC(O)C(CO)NC(=O)CCCCCCCCCC. The summed E-state index contributed by atoms with van der Waals surface area (Å²) in [5, 5.41) is 23.0. The molecule has 1 amide bonds. The third kappa shape index (κ3) is 34.5. The van der Waals surface area contributed by atoms with E-state index in [1.165, 1.54) is 186 Å². The van der Waals surface area contributed by atoms with Crippen LogP contribution in [0.4, 0.5) is 0 Å². The van der Waals surface area contributed by atoms with Crippen LogP contribution in [0.5, 0.6) is 0 Å². The van der Waals surface area contributed by atoms with Crippen molar-refractivity contribution in [2.75, 3.05) is 6.61 Å². The lowest BCUT2D eigenvalue weighted by Crippen LogP contribution is -2.45. The van der Waals surface area contributed by atoms with Gasteiger partial charge >= 0.3 is 0 Å². The summed E-state index contributed by atoms with van der Waals surface area (Å²) in [7, 11) is 0. The van der Waals surface area contributed by atoms with Gasteiger partial charge in [0.05, 0.1) is 18.8 Å². The Morgan fingerprint density at radius 3 is 1.00 bits per heavy atom. The maximum Gasteiger partial charge on any atom is 0.220 e. The van der Waals surface area contributed by atoms with Gasteiger partial charge in [-0.25, -0.2) is 0 Å². The quantitative estimate of drug-likeness (QED) is 0.0590. The number of unbranched alkanes of at least 4 members (excludes halogenated alkanes) is 31. The summed E-state index contributed by atoms with van der Waals surface area (Å²) in [6, 6.07) is -0.527. The fraction of sp³-hybridized carbons (Fsp3) is 0.976. The first-order valence-electron chi connectivity index (χ1n) is 20.7. The molecule has 2 atom stereocenters. The van der Waals surface area contributed by atoms with Gasteiger partial charge in [0.15, 0.2) is 0 Å². The van der Waals surface area contributed by atoms with E-state index in [2.05, 4.69) is 19.2 Å². The van der Waals surface area contributed by atoms with Crippen molar-refractivity contribution < 1.29 is 15.0 Å². The molecule has 0 aliphatic rings. The van der Waals surface area contributed by atoms with Crippen LogP contribution in [-0.2, 0) is 4.79 Å². The number of rotatable bonds is 38. The fourth-order valence-electron chi connectivity index (χ4n) is 6.66. The minimum atomic E-state index is -0.651. The predicted molar refractivity (Wildman–Crippen MR) is 198 cm³/mol. The molecule has 0 aromatic rings. The zero-order valence-corrected chi connectivity index (χ0v) is 30.9. The normalized spacial score (nSPS) is 12.9. The molecular formula is C41H83NO3. The van der Waals surface area contributed by atoms with Gasteiger partial charge in [0.2, 0.25) is 5.91 Å². The van der Waals surface area contributed by atoms with Gasteiger partial charge in [0.1, 0.15) is 0 Å². The van der Waals surface area contributed by atoms with Gasteiger partial charge in [0.25, 0.3) is 0 Å². The van der Waals surface area contributed by atoms with Crippen molar-refractivity contribution in [3.63, 3.8) is 0 Å². The molecule has 0 heterocycles. The van der Waals surface area contributed by atoms with Crippen LogP contribution < -0.4 is 5.32 Å². The van der Waals surface area contributed by atoms with E-state index in [9.17, 15) is 15.0 Å². The number of aliphatic hydroxyl groups excluding tert-OH is 2. The maximum absolute atomic E-state index is 12.2. The summed E-state index contributed by atoms with van der Waals surface area (Å²) >= 11 is 0. The number of aliphatic hydroxyl groups is 2. The maximum atomic E-state index is 12.2. The summed E-state index contributed by atoms with van der Waals surface area (Å²) in [6.45, 7) is 4.34. The molecule has 0 saturated heterocycles. The number of hydrogen-bond donors (Lipinski definition) is 3. The van der Waals surface area contributed by atoms with Crippen LogP contribution in [-0.4, -0.2) is 34.9 Å². The Hall–Kier alpha value is -0.610. The Labute approximate surface area is 283 Å². The molecule has 0 aliphatic heterocycles. The van der Waals surface area contributed by atoms with E-state index in [-0.39, 0.29) is 12.5 Å². The van der Waals surface area contributed by atoms with Gasteiger partial charge in [-0.3, -0.25) is 4.79 Å². The molecule has 0 radical (unpaired) electrons. The Balaban J connectivity index is 3.39. The van der Waals surface area contributed by atoms with Gasteiger partial charge in [-0.05, 0) is 12.8 Å². The molecule has 4 heteroatoms. The first-order valence-corrected chi connectivity index (χ1v) is 20.7. The molecule has 4 nitrogen and oxygen atoms in total. The molecule has 0 rings (SSSR count). The highest BCUT2D eigenvalue weighted by Crippen LogP contribution is 2.17. The molecule has 2 unspecified atom stereocenters. The van der Waals surface area contributed by atoms with Crippen LogP contribution in [0.15, 0.2) is 0 Å². The number of carbonyl (C=O) groups is 1. The predicted octanol–water partition coefficient (Wildman–Crippen LogP) is 12.5. The lowest BCUT2D eigenvalue weighted by atomic mass is 10.0. The van der Waals surface area contributed by atoms with Crippen molar-refractivity contribution in [1.29, 1.82) is 0 Å². The van der Waals surface area contributed by atoms with Crippen molar-refractivity contribution in [2.24, 2.45) is 0 Å². The Morgan fingerprint density at radius 1 is 0.444 bits per heavy atom. The van der Waals surface area contributed by atoms with Crippen molar-refractivity contribution >= 4 is 5.91 Å². The summed E-state index contributed by atoms with van der Waals surface area (Å²) in [4.78, 5) is 12.2. The van der Waals surface area contributed by atoms with E-state index in [4.69, 9.17) is 0 Å². The highest BCUT2D eigenvalue weighted by Gasteiger charge is 2.19. The number of nitrogens with one attached hydrogen (secondary N) is 1. The van der Waals surface area contributed by atoms with Gasteiger partial charge in [0, 0.05) is 6.42 Å². The number of amides is 1. The topological polar surface area (TPSA) is 69.6 Å². The molecule has 0 aliphatic carbocycles. The van der Waals surface area contributed by atoms with Crippen LogP contribution in [0.25, 0.3) is 0 Å². The van der Waals surface area contributed by atoms with Gasteiger partial charge in [-0.2, -0.15) is 0 Å². The zero-order valence-electron chi connectivity index (χ0n) is 30.9. The minimum Gasteiger partial charge on any atom is -0.394 e. The highest BCUT2D eigenvalue weighted by atomic mass is 16.3. The second-order valence-electron chi connectivity index (χ2n) is 14.4. The molecule has 0 fully saturated rings. The third-order valence-corrected chi connectivity index (χ3v) is 9.87. The monoisotopic (exact) mass is 638 g/mol. The molecular weight excluding hydrogens is 554 g/mol. The fourth-order valence-corrected chi connectivity index (χ4v) is 6.66. The molecule has 0 aromatic carbocycles. The Morgan fingerprint density at radius 2 is 0.711 bits per heavy atom. The second kappa shape index (κ2) is 37.8. The largest absolute Gasteiger partial charge is 0.394 e. The smallest absolute Gasteiger partial charge is 0.220 e. The van der Waals surface area contributed by atoms with Crippen molar-refractivity contribution in [2.45, 2.75) is 251 Å². The van der Waals surface area contributed by atoms with E-state index < -0.39 is 12.1 Å². The molecule has 0 bridgehead atoms. The molecule has 0 aromatic heterocycles. The summed E-state index contributed by atoms with van der Waals surface area (Å²) in [6.07, 6.45) is 44.8. The van der Waals surface area contributed by atoms with E-state index in [1.807, 2.05) is 0 Å². The first kappa shape index (κ1) is 44.4. The van der Waals surface area contributed by atoms with E-state index in [1.54, 1.807) is 0 Å². The average Bonchev–Trinajstić information content (AvgIpc) is 3.04. The second-order valence-corrected chi connectivity index (χ2v) is 14.4. The average molecular weight is 638 g/mol. The van der Waals surface area contributed by atoms with Gasteiger partial charge in [-0.15, -0.1) is 0 Å². The van der Waals surface area contributed by atoms with Gasteiger partial charge < -0.3 is 15.5 Å². The molecule has 270 valence electrons. The summed E-state index contributed by atoms with van der Waals surface area (Å²) < 4.78 is 0. The first-order chi connectivity index (χ1) is 22.2. The lowest BCUT2D eigenvalue weighted by molar-refractivity contribution is -0.123. The lowest BCUT2D eigenvalue weighted by Gasteiger charge is -2.22. The molecule has 45 heavy (non-hydrogen) atoms. The third-order valence-electron chi connectivity index (χ3n) is 9.87. The molecule has 3 N–H and O–H groups in total. The number of carbonyl (C=O) groups excluding carboxylic acids is 1. The van der Waals surface area contributed by atoms with E-state index in [0.717, 1.165) is 25.7 Å². The minimum absolute atomic E-state index is 0.0334. The van der Waals surface area contributed by atoms with Crippen LogP contribution in [0.2, 0.25) is 0 Å². The van der Waals surface area contributed by atoms with Crippen molar-refractivity contribution in [1.82, 2.24) is 5.32 Å². The van der Waals surface area contributed by atoms with E-state index in [0.29, 0.717) is 12.8 Å². The Kier molecular flexibility index (Phi) is 37.3. The highest BCUT2D eigenvalue weighted by molar-refractivity contribution is 5.76. The van der Waals surface area contributed by atoms with Crippen LogP contribution in [0.1, 0.15) is 239 Å². The van der Waals surface area contributed by atoms with Crippen LogP contribution >= 0.6 is 0 Å². The van der Waals surface area contributed by atoms with Gasteiger partial charge in [-0.1, -0.05) is 219 Å². The molecule has 0 saturated carbocycles. The van der Waals surface area contributed by atoms with Crippen LogP contribution in [0.3, 0.4) is 0 Å². The summed E-state index contributed by atoms with van der Waals surface area (Å²) in [5.74, 6) is -0.0334. The number of hydrogen-bond acceptors (Lipinski definition) is 3. The van der Waals surface area contributed by atoms with E-state index >= 15 is 0 Å². The summed E-state index contributed by atoms with van der Waals surface area (Å²) in [5.41, 5.74) is 0. The van der Waals surface area contributed by atoms with Crippen molar-refractivity contribution in [3.05, 3.63) is 0 Å². The molecule has 0 spiro atoms.